The second-order valence-electron chi connectivity index (χ2n) is 6.16. The molecule has 0 aliphatic carbocycles. The minimum atomic E-state index is -0.0430. The van der Waals surface area contributed by atoms with E-state index in [0.29, 0.717) is 18.9 Å². The maximum absolute atomic E-state index is 12.4. The fourth-order valence-electron chi connectivity index (χ4n) is 2.81. The van der Waals surface area contributed by atoms with Crippen LogP contribution in [0.2, 0.25) is 0 Å². The molecule has 0 unspecified atom stereocenters. The number of amides is 1. The van der Waals surface area contributed by atoms with E-state index in [1.165, 1.54) is 11.8 Å². The van der Waals surface area contributed by atoms with Crippen LogP contribution in [0.4, 0.5) is 0 Å². The molecule has 0 bridgehead atoms. The van der Waals surface area contributed by atoms with Crippen molar-refractivity contribution in [2.45, 2.75) is 24.7 Å². The van der Waals surface area contributed by atoms with E-state index in [1.54, 1.807) is 7.11 Å². The summed E-state index contributed by atoms with van der Waals surface area (Å²) < 4.78 is 8.34. The molecule has 2 aromatic carbocycles. The summed E-state index contributed by atoms with van der Waals surface area (Å²) in [5.41, 5.74) is 3.06. The molecule has 5 nitrogen and oxygen atoms in total. The van der Waals surface area contributed by atoms with Crippen molar-refractivity contribution >= 4 is 44.6 Å². The number of hydrogen-bond acceptors (Lipinski definition) is 4. The Balaban J connectivity index is 1.65. The van der Waals surface area contributed by atoms with Gasteiger partial charge in [0.1, 0.15) is 0 Å². The van der Waals surface area contributed by atoms with Gasteiger partial charge in [-0.25, -0.2) is 4.98 Å². The Labute approximate surface area is 171 Å². The summed E-state index contributed by atoms with van der Waals surface area (Å²) >= 11 is 4.87. The highest BCUT2D eigenvalue weighted by Crippen LogP contribution is 2.24. The lowest BCUT2D eigenvalue weighted by Crippen LogP contribution is -2.28. The van der Waals surface area contributed by atoms with Crippen LogP contribution in [0, 0.1) is 0 Å². The molecule has 1 N–H and O–H groups in total. The van der Waals surface area contributed by atoms with Crippen molar-refractivity contribution in [1.29, 1.82) is 0 Å². The zero-order valence-corrected chi connectivity index (χ0v) is 17.7. The number of imidazole rings is 1. The molecule has 7 heteroatoms. The molecule has 27 heavy (non-hydrogen) atoms. The van der Waals surface area contributed by atoms with Gasteiger partial charge in [-0.2, -0.15) is 0 Å². The molecule has 0 fully saturated rings. The van der Waals surface area contributed by atoms with Gasteiger partial charge in [0, 0.05) is 18.1 Å². The Kier molecular flexibility index (Phi) is 6.93. The first-order chi connectivity index (χ1) is 13.1. The molecule has 1 heterocycles. The number of halogens is 1. The minimum absolute atomic E-state index is 0.0132. The molecule has 142 valence electrons. The van der Waals surface area contributed by atoms with Gasteiger partial charge in [0.05, 0.1) is 29.4 Å². The number of thioether (sulfide) groups is 1. The van der Waals surface area contributed by atoms with Crippen LogP contribution in [0.15, 0.2) is 58.2 Å². The van der Waals surface area contributed by atoms with E-state index in [0.717, 1.165) is 26.2 Å². The van der Waals surface area contributed by atoms with Gasteiger partial charge in [0.2, 0.25) is 5.91 Å². The lowest BCUT2D eigenvalue weighted by atomic mass is 10.1. The number of carbonyl (C=O) groups is 1. The summed E-state index contributed by atoms with van der Waals surface area (Å²) in [6, 6.07) is 15.9. The molecule has 3 rings (SSSR count). The molecule has 3 aromatic rings. The molecule has 1 aromatic heterocycles. The summed E-state index contributed by atoms with van der Waals surface area (Å²) in [4.78, 5) is 17.1. The SMILES string of the molecule is COCCn1c(SCC(=O)N[C@@H](C)c2ccc(Br)cc2)nc2ccccc21. The van der Waals surface area contributed by atoms with Gasteiger partial charge in [0.15, 0.2) is 5.16 Å². The highest BCUT2D eigenvalue weighted by Gasteiger charge is 2.14. The maximum atomic E-state index is 12.4. The normalized spacial score (nSPS) is 12.3. The monoisotopic (exact) mass is 447 g/mol. The van der Waals surface area contributed by atoms with E-state index in [9.17, 15) is 4.79 Å². The van der Waals surface area contributed by atoms with Crippen LogP contribution >= 0.6 is 27.7 Å². The highest BCUT2D eigenvalue weighted by molar-refractivity contribution is 9.10. The summed E-state index contributed by atoms with van der Waals surface area (Å²) in [7, 11) is 1.68. The molecule has 1 atom stereocenters. The van der Waals surface area contributed by atoms with E-state index >= 15 is 0 Å². The van der Waals surface area contributed by atoms with Crippen LogP contribution in [0.5, 0.6) is 0 Å². The maximum Gasteiger partial charge on any atom is 0.230 e. The van der Waals surface area contributed by atoms with Crippen molar-refractivity contribution < 1.29 is 9.53 Å². The molecule has 0 aliphatic rings. The number of hydrogen-bond donors (Lipinski definition) is 1. The first-order valence-corrected chi connectivity index (χ1v) is 10.5. The number of fused-ring (bicyclic) bond motifs is 1. The molecule has 0 radical (unpaired) electrons. The quantitative estimate of drug-likeness (QED) is 0.519. The number of aromatic nitrogens is 2. The summed E-state index contributed by atoms with van der Waals surface area (Å²) in [6.07, 6.45) is 0. The Morgan fingerprint density at radius 2 is 2.00 bits per heavy atom. The van der Waals surface area contributed by atoms with E-state index in [1.807, 2.05) is 55.5 Å². The highest BCUT2D eigenvalue weighted by atomic mass is 79.9. The fourth-order valence-corrected chi connectivity index (χ4v) is 3.93. The number of para-hydroxylation sites is 2. The van der Waals surface area contributed by atoms with Crippen molar-refractivity contribution in [2.24, 2.45) is 0 Å². The third kappa shape index (κ3) is 5.12. The molecule has 0 aliphatic heterocycles. The minimum Gasteiger partial charge on any atom is -0.383 e. The van der Waals surface area contributed by atoms with Gasteiger partial charge in [-0.15, -0.1) is 0 Å². The standard InChI is InChI=1S/C20H22BrN3O2S/c1-14(15-7-9-16(21)10-8-15)22-19(25)13-27-20-23-17-5-3-4-6-18(17)24(20)11-12-26-2/h3-10,14H,11-13H2,1-2H3,(H,22,25)/t14-/m0/s1. The Hall–Kier alpha value is -1.83. The van der Waals surface area contributed by atoms with Gasteiger partial charge < -0.3 is 14.6 Å². The van der Waals surface area contributed by atoms with Crippen molar-refractivity contribution in [3.63, 3.8) is 0 Å². The number of nitrogens with zero attached hydrogens (tertiary/aromatic N) is 2. The van der Waals surface area contributed by atoms with E-state index in [-0.39, 0.29) is 11.9 Å². The zero-order chi connectivity index (χ0) is 19.2. The third-order valence-electron chi connectivity index (χ3n) is 4.22. The average Bonchev–Trinajstić information content (AvgIpc) is 3.02. The fraction of sp³-hybridized carbons (Fsp3) is 0.300. The second kappa shape index (κ2) is 9.39. The zero-order valence-electron chi connectivity index (χ0n) is 15.3. The number of carbonyl (C=O) groups excluding carboxylic acids is 1. The number of rotatable bonds is 8. The van der Waals surface area contributed by atoms with Crippen molar-refractivity contribution in [3.8, 4) is 0 Å². The summed E-state index contributed by atoms with van der Waals surface area (Å²) in [5.74, 6) is 0.303. The Morgan fingerprint density at radius 3 is 2.74 bits per heavy atom. The number of methoxy groups -OCH3 is 1. The van der Waals surface area contributed by atoms with Gasteiger partial charge in [-0.05, 0) is 36.8 Å². The second-order valence-corrected chi connectivity index (χ2v) is 8.02. The Bertz CT molecular complexity index is 911. The van der Waals surface area contributed by atoms with Gasteiger partial charge in [-0.1, -0.05) is 52.0 Å². The van der Waals surface area contributed by atoms with Crippen LogP contribution in [0.3, 0.4) is 0 Å². The van der Waals surface area contributed by atoms with Gasteiger partial charge in [-0.3, -0.25) is 4.79 Å². The molecule has 0 saturated carbocycles. The smallest absolute Gasteiger partial charge is 0.230 e. The first kappa shape index (κ1) is 19.9. The van der Waals surface area contributed by atoms with Crippen molar-refractivity contribution in [3.05, 3.63) is 58.6 Å². The van der Waals surface area contributed by atoms with Gasteiger partial charge >= 0.3 is 0 Å². The molecule has 1 amide bonds. The largest absolute Gasteiger partial charge is 0.383 e. The summed E-state index contributed by atoms with van der Waals surface area (Å²) in [6.45, 7) is 3.29. The predicted octanol–water partition coefficient (Wildman–Crippen LogP) is 4.41. The Morgan fingerprint density at radius 1 is 1.26 bits per heavy atom. The van der Waals surface area contributed by atoms with Crippen LogP contribution < -0.4 is 5.32 Å². The third-order valence-corrected chi connectivity index (χ3v) is 5.72. The molecular weight excluding hydrogens is 426 g/mol. The number of ether oxygens (including phenoxy) is 1. The van der Waals surface area contributed by atoms with Crippen LogP contribution in [-0.4, -0.2) is 34.9 Å². The average molecular weight is 448 g/mol. The predicted molar refractivity (Wildman–Crippen MR) is 113 cm³/mol. The number of benzene rings is 2. The van der Waals surface area contributed by atoms with E-state index in [4.69, 9.17) is 4.74 Å². The van der Waals surface area contributed by atoms with E-state index < -0.39 is 0 Å². The summed E-state index contributed by atoms with van der Waals surface area (Å²) in [5, 5.41) is 3.88. The van der Waals surface area contributed by atoms with Gasteiger partial charge in [0.25, 0.3) is 0 Å². The van der Waals surface area contributed by atoms with Crippen LogP contribution in [0.25, 0.3) is 11.0 Å². The first-order valence-electron chi connectivity index (χ1n) is 8.70. The van der Waals surface area contributed by atoms with E-state index in [2.05, 4.69) is 30.8 Å². The molecule has 0 saturated heterocycles. The van der Waals surface area contributed by atoms with Crippen molar-refractivity contribution in [1.82, 2.24) is 14.9 Å². The molecule has 0 spiro atoms. The van der Waals surface area contributed by atoms with Crippen LogP contribution in [-0.2, 0) is 16.1 Å². The van der Waals surface area contributed by atoms with Crippen LogP contribution in [0.1, 0.15) is 18.5 Å². The lowest BCUT2D eigenvalue weighted by molar-refractivity contribution is -0.119. The van der Waals surface area contributed by atoms with Crippen molar-refractivity contribution in [2.75, 3.05) is 19.5 Å². The molecular formula is C20H22BrN3O2S. The topological polar surface area (TPSA) is 56.1 Å². The lowest BCUT2D eigenvalue weighted by Gasteiger charge is -2.14. The number of nitrogens with one attached hydrogen (secondary N) is 1.